The molecule has 4 nitrogen and oxygen atoms in total. The Balaban J connectivity index is 1.80. The average Bonchev–Trinajstić information content (AvgIpc) is 3.16. The molecule has 1 aromatic carbocycles. The van der Waals surface area contributed by atoms with Crippen LogP contribution < -0.4 is 4.74 Å². The molecule has 3 rings (SSSR count). The fourth-order valence-corrected chi connectivity index (χ4v) is 2.68. The molecule has 3 atom stereocenters. The number of furan rings is 1. The van der Waals surface area contributed by atoms with E-state index in [4.69, 9.17) is 13.9 Å². The lowest BCUT2D eigenvalue weighted by Crippen LogP contribution is -2.15. The molecule has 0 amide bonds. The van der Waals surface area contributed by atoms with Crippen molar-refractivity contribution in [2.45, 2.75) is 24.5 Å². The summed E-state index contributed by atoms with van der Waals surface area (Å²) in [5, 5.41) is 0. The maximum absolute atomic E-state index is 11.2. The summed E-state index contributed by atoms with van der Waals surface area (Å²) in [4.78, 5) is 11.2. The Morgan fingerprint density at radius 1 is 1.20 bits per heavy atom. The third-order valence-electron chi connectivity index (χ3n) is 3.78. The first-order valence-electron chi connectivity index (χ1n) is 6.58. The molecule has 0 aliphatic carbocycles. The molecule has 1 aromatic heterocycles. The maximum Gasteiger partial charge on any atom is 0.149 e. The number of hydrogen-bond donors (Lipinski definition) is 0. The van der Waals surface area contributed by atoms with Crippen molar-refractivity contribution in [3.8, 4) is 5.75 Å². The highest BCUT2D eigenvalue weighted by atomic mass is 16.5. The molecule has 1 aliphatic rings. The minimum Gasteiger partial charge on any atom is -0.497 e. The van der Waals surface area contributed by atoms with Gasteiger partial charge in [0.15, 0.2) is 0 Å². The third-order valence-corrected chi connectivity index (χ3v) is 3.78. The van der Waals surface area contributed by atoms with Crippen LogP contribution in [0.3, 0.4) is 0 Å². The van der Waals surface area contributed by atoms with Gasteiger partial charge in [0, 0.05) is 5.92 Å². The Morgan fingerprint density at radius 3 is 2.60 bits per heavy atom. The van der Waals surface area contributed by atoms with Crippen LogP contribution in [0.5, 0.6) is 5.75 Å². The molecule has 1 fully saturated rings. The number of ether oxygens (including phenoxy) is 2. The number of benzene rings is 1. The van der Waals surface area contributed by atoms with E-state index in [0.717, 1.165) is 29.6 Å². The quantitative estimate of drug-likeness (QED) is 0.802. The van der Waals surface area contributed by atoms with Gasteiger partial charge in [-0.15, -0.1) is 0 Å². The summed E-state index contributed by atoms with van der Waals surface area (Å²) < 4.78 is 16.1. The van der Waals surface area contributed by atoms with Gasteiger partial charge in [-0.05, 0) is 35.7 Å². The molecule has 3 unspecified atom stereocenters. The normalized spacial score (nSPS) is 25.6. The van der Waals surface area contributed by atoms with Crippen LogP contribution in [0, 0.1) is 0 Å². The van der Waals surface area contributed by atoms with Crippen molar-refractivity contribution in [3.63, 3.8) is 0 Å². The van der Waals surface area contributed by atoms with Crippen molar-refractivity contribution in [2.75, 3.05) is 7.11 Å². The second kappa shape index (κ2) is 5.51. The second-order valence-electron chi connectivity index (χ2n) is 4.90. The Bertz CT molecular complexity index is 559. The molecule has 1 saturated heterocycles. The predicted octanol–water partition coefficient (Wildman–Crippen LogP) is 3.10. The zero-order valence-electron chi connectivity index (χ0n) is 11.2. The van der Waals surface area contributed by atoms with Gasteiger partial charge in [0.1, 0.15) is 18.1 Å². The lowest BCUT2D eigenvalue weighted by atomic mass is 9.92. The number of hydrogen-bond acceptors (Lipinski definition) is 4. The van der Waals surface area contributed by atoms with Crippen LogP contribution in [0.1, 0.15) is 29.6 Å². The summed E-state index contributed by atoms with van der Waals surface area (Å²) in [6, 6.07) is 9.65. The number of carbonyl (C=O) groups is 1. The summed E-state index contributed by atoms with van der Waals surface area (Å²) in [6.07, 6.45) is 4.46. The van der Waals surface area contributed by atoms with E-state index in [1.807, 2.05) is 30.3 Å². The predicted molar refractivity (Wildman–Crippen MR) is 72.7 cm³/mol. The van der Waals surface area contributed by atoms with E-state index in [1.54, 1.807) is 19.6 Å². The van der Waals surface area contributed by atoms with Crippen molar-refractivity contribution < 1.29 is 18.7 Å². The SMILES string of the molecule is COc1ccc(C2CC(c3ccoc3)C(C=O)O2)cc1. The fourth-order valence-electron chi connectivity index (χ4n) is 2.68. The third kappa shape index (κ3) is 2.34. The van der Waals surface area contributed by atoms with Gasteiger partial charge in [-0.1, -0.05) is 12.1 Å². The van der Waals surface area contributed by atoms with Crippen LogP contribution in [0.15, 0.2) is 47.3 Å². The van der Waals surface area contributed by atoms with Gasteiger partial charge in [-0.3, -0.25) is 0 Å². The zero-order valence-corrected chi connectivity index (χ0v) is 11.2. The van der Waals surface area contributed by atoms with Crippen molar-refractivity contribution >= 4 is 6.29 Å². The van der Waals surface area contributed by atoms with Crippen LogP contribution in [0.4, 0.5) is 0 Å². The highest BCUT2D eigenvalue weighted by Crippen LogP contribution is 2.42. The van der Waals surface area contributed by atoms with Crippen LogP contribution in [0.2, 0.25) is 0 Å². The largest absolute Gasteiger partial charge is 0.497 e. The maximum atomic E-state index is 11.2. The monoisotopic (exact) mass is 272 g/mol. The van der Waals surface area contributed by atoms with Gasteiger partial charge in [-0.25, -0.2) is 0 Å². The summed E-state index contributed by atoms with van der Waals surface area (Å²) in [5.74, 6) is 0.864. The average molecular weight is 272 g/mol. The minimum atomic E-state index is -0.417. The smallest absolute Gasteiger partial charge is 0.149 e. The first kappa shape index (κ1) is 12.9. The Labute approximate surface area is 117 Å². The fraction of sp³-hybridized carbons (Fsp3) is 0.312. The topological polar surface area (TPSA) is 48.7 Å². The van der Waals surface area contributed by atoms with Gasteiger partial charge in [0.05, 0.1) is 25.7 Å². The molecule has 20 heavy (non-hydrogen) atoms. The molecule has 1 aliphatic heterocycles. The Hall–Kier alpha value is -2.07. The molecule has 104 valence electrons. The molecule has 0 saturated carbocycles. The number of methoxy groups -OCH3 is 1. The van der Waals surface area contributed by atoms with Crippen LogP contribution in [0.25, 0.3) is 0 Å². The van der Waals surface area contributed by atoms with Crippen LogP contribution in [-0.2, 0) is 9.53 Å². The van der Waals surface area contributed by atoms with Crippen molar-refractivity contribution in [1.29, 1.82) is 0 Å². The molecule has 4 heteroatoms. The van der Waals surface area contributed by atoms with Gasteiger partial charge in [-0.2, -0.15) is 0 Å². The molecule has 0 bridgehead atoms. The number of aldehydes is 1. The van der Waals surface area contributed by atoms with E-state index in [9.17, 15) is 4.79 Å². The number of rotatable bonds is 4. The van der Waals surface area contributed by atoms with Crippen LogP contribution >= 0.6 is 0 Å². The summed E-state index contributed by atoms with van der Waals surface area (Å²) in [6.45, 7) is 0. The van der Waals surface area contributed by atoms with Crippen LogP contribution in [-0.4, -0.2) is 19.5 Å². The first-order chi connectivity index (χ1) is 9.81. The van der Waals surface area contributed by atoms with Crippen molar-refractivity contribution in [1.82, 2.24) is 0 Å². The summed E-state index contributed by atoms with van der Waals surface area (Å²) in [5.41, 5.74) is 2.07. The standard InChI is InChI=1S/C16H16O4/c1-18-13-4-2-11(3-5-13)15-8-14(16(9-17)20-15)12-6-7-19-10-12/h2-7,9-10,14-16H,8H2,1H3. The van der Waals surface area contributed by atoms with E-state index in [1.165, 1.54) is 0 Å². The summed E-state index contributed by atoms with van der Waals surface area (Å²) >= 11 is 0. The van der Waals surface area contributed by atoms with E-state index >= 15 is 0 Å². The zero-order chi connectivity index (χ0) is 13.9. The van der Waals surface area contributed by atoms with Gasteiger partial charge in [0.25, 0.3) is 0 Å². The van der Waals surface area contributed by atoms with E-state index in [-0.39, 0.29) is 12.0 Å². The highest BCUT2D eigenvalue weighted by molar-refractivity contribution is 5.59. The lowest BCUT2D eigenvalue weighted by molar-refractivity contribution is -0.118. The molecular weight excluding hydrogens is 256 g/mol. The Kier molecular flexibility index (Phi) is 3.56. The molecule has 0 spiro atoms. The molecular formula is C16H16O4. The van der Waals surface area contributed by atoms with Gasteiger partial charge < -0.3 is 18.7 Å². The van der Waals surface area contributed by atoms with Crippen molar-refractivity contribution in [3.05, 3.63) is 54.0 Å². The minimum absolute atomic E-state index is 0.0540. The van der Waals surface area contributed by atoms with E-state index in [0.29, 0.717) is 0 Å². The summed E-state index contributed by atoms with van der Waals surface area (Å²) in [7, 11) is 1.64. The Morgan fingerprint density at radius 2 is 2.00 bits per heavy atom. The first-order valence-corrected chi connectivity index (χ1v) is 6.58. The van der Waals surface area contributed by atoms with Gasteiger partial charge >= 0.3 is 0 Å². The van der Waals surface area contributed by atoms with Crippen molar-refractivity contribution in [2.24, 2.45) is 0 Å². The molecule has 0 N–H and O–H groups in total. The molecule has 0 radical (unpaired) electrons. The number of carbonyl (C=O) groups excluding carboxylic acids is 1. The highest BCUT2D eigenvalue weighted by Gasteiger charge is 2.37. The molecule has 2 aromatic rings. The van der Waals surface area contributed by atoms with E-state index in [2.05, 4.69) is 0 Å². The van der Waals surface area contributed by atoms with Gasteiger partial charge in [0.2, 0.25) is 0 Å². The second-order valence-corrected chi connectivity index (χ2v) is 4.90. The lowest BCUT2D eigenvalue weighted by Gasteiger charge is -2.11. The molecule has 2 heterocycles. The van der Waals surface area contributed by atoms with E-state index < -0.39 is 6.10 Å².